The molecule has 0 spiro atoms. The number of nitrogens with one attached hydrogen (secondary N) is 1. The molecule has 3 nitrogen and oxygen atoms in total. The molecule has 0 bridgehead atoms. The van der Waals surface area contributed by atoms with E-state index in [0.29, 0.717) is 5.69 Å². The minimum atomic E-state index is -3.22. The van der Waals surface area contributed by atoms with E-state index in [1.54, 1.807) is 31.2 Å². The van der Waals surface area contributed by atoms with Gasteiger partial charge >= 0.3 is 0 Å². The predicted octanol–water partition coefficient (Wildman–Crippen LogP) is 2.15. The Morgan fingerprint density at radius 2 is 1.86 bits per heavy atom. The molecule has 0 saturated heterocycles. The summed E-state index contributed by atoms with van der Waals surface area (Å²) in [4.78, 5) is 0. The van der Waals surface area contributed by atoms with Crippen LogP contribution in [0.5, 0.6) is 0 Å². The zero-order chi connectivity index (χ0) is 10.6. The fraction of sp³-hybridized carbons (Fsp3) is 0.111. The summed E-state index contributed by atoms with van der Waals surface area (Å²) in [5.41, 5.74) is 1.41. The summed E-state index contributed by atoms with van der Waals surface area (Å²) in [7, 11) is -3.22. The molecule has 0 aliphatic carbocycles. The van der Waals surface area contributed by atoms with Crippen LogP contribution in [-0.4, -0.2) is 8.42 Å². The van der Waals surface area contributed by atoms with Gasteiger partial charge in [-0.15, -0.1) is 5.92 Å². The summed E-state index contributed by atoms with van der Waals surface area (Å²) in [5.74, 6) is 5.63. The van der Waals surface area contributed by atoms with E-state index in [1.165, 1.54) is 21.2 Å². The van der Waals surface area contributed by atoms with E-state index in [2.05, 4.69) is 16.6 Å². The average Bonchev–Trinajstić information content (AvgIpc) is 2.06. The van der Waals surface area contributed by atoms with Crippen molar-refractivity contribution in [3.05, 3.63) is 29.8 Å². The van der Waals surface area contributed by atoms with Crippen LogP contribution in [0.4, 0.5) is 5.69 Å². The van der Waals surface area contributed by atoms with Crippen LogP contribution in [0.2, 0.25) is 0 Å². The summed E-state index contributed by atoms with van der Waals surface area (Å²) in [6.45, 7) is 1.75. The van der Waals surface area contributed by atoms with E-state index >= 15 is 0 Å². The first kappa shape index (κ1) is 11.3. The number of hydrogen-bond acceptors (Lipinski definition) is 2. The Labute approximate surface area is 95.5 Å². The van der Waals surface area contributed by atoms with E-state index in [-0.39, 0.29) is 0 Å². The maximum absolute atomic E-state index is 10.9. The fourth-order valence-corrected chi connectivity index (χ4v) is 2.09. The highest BCUT2D eigenvalue weighted by Crippen LogP contribution is 2.13. The number of halogens is 1. The molecule has 0 fully saturated rings. The number of rotatable bonds is 2. The van der Waals surface area contributed by atoms with Crippen molar-refractivity contribution in [1.82, 2.24) is 0 Å². The SMILES string of the molecule is CC#Cc1ccc(NS(=O)(=O)I)cc1. The quantitative estimate of drug-likeness (QED) is 0.515. The molecule has 0 aliphatic rings. The van der Waals surface area contributed by atoms with Gasteiger partial charge < -0.3 is 0 Å². The van der Waals surface area contributed by atoms with Gasteiger partial charge in [0.1, 0.15) is 0 Å². The van der Waals surface area contributed by atoms with Gasteiger partial charge in [-0.05, 0) is 31.2 Å². The Morgan fingerprint density at radius 3 is 2.29 bits per heavy atom. The standard InChI is InChI=1S/C9H8INO2S/c1-2-3-8-4-6-9(7-5-8)11-14(10,12)13/h4-7,11H,1H3. The van der Waals surface area contributed by atoms with Crippen molar-refractivity contribution in [2.45, 2.75) is 6.92 Å². The van der Waals surface area contributed by atoms with Crippen LogP contribution >= 0.6 is 21.2 Å². The molecule has 0 radical (unpaired) electrons. The van der Waals surface area contributed by atoms with Gasteiger partial charge in [-0.3, -0.25) is 4.72 Å². The molecular weight excluding hydrogens is 313 g/mol. The second-order valence-corrected chi connectivity index (χ2v) is 7.05. The van der Waals surface area contributed by atoms with Gasteiger partial charge in [-0.25, -0.2) is 0 Å². The van der Waals surface area contributed by atoms with Crippen molar-refractivity contribution in [1.29, 1.82) is 0 Å². The highest BCUT2D eigenvalue weighted by atomic mass is 127. The van der Waals surface area contributed by atoms with Gasteiger partial charge in [0.15, 0.2) is 0 Å². The molecule has 1 rings (SSSR count). The van der Waals surface area contributed by atoms with Crippen molar-refractivity contribution in [2.75, 3.05) is 4.72 Å². The van der Waals surface area contributed by atoms with Gasteiger partial charge in [0, 0.05) is 11.3 Å². The molecule has 1 aromatic carbocycles. The molecule has 14 heavy (non-hydrogen) atoms. The molecule has 0 aromatic heterocycles. The first-order chi connectivity index (χ1) is 6.51. The smallest absolute Gasteiger partial charge is 0.276 e. The van der Waals surface area contributed by atoms with E-state index in [1.807, 2.05) is 0 Å². The number of hydrogen-bond donors (Lipinski definition) is 1. The lowest BCUT2D eigenvalue weighted by molar-refractivity contribution is 0.617. The zero-order valence-corrected chi connectivity index (χ0v) is 10.4. The summed E-state index contributed by atoms with van der Waals surface area (Å²) in [6.07, 6.45) is 0. The molecule has 0 unspecified atom stereocenters. The van der Waals surface area contributed by atoms with Crippen LogP contribution < -0.4 is 4.72 Å². The third kappa shape index (κ3) is 3.98. The maximum atomic E-state index is 10.9. The van der Waals surface area contributed by atoms with Crippen LogP contribution in [0.1, 0.15) is 12.5 Å². The minimum absolute atomic E-state index is 0.543. The van der Waals surface area contributed by atoms with E-state index in [9.17, 15) is 8.42 Å². The monoisotopic (exact) mass is 321 g/mol. The molecule has 0 amide bonds. The molecular formula is C9H8INO2S. The lowest BCUT2D eigenvalue weighted by atomic mass is 10.2. The second kappa shape index (κ2) is 4.66. The Kier molecular flexibility index (Phi) is 3.77. The molecule has 74 valence electrons. The van der Waals surface area contributed by atoms with Crippen LogP contribution in [0, 0.1) is 11.8 Å². The van der Waals surface area contributed by atoms with E-state index in [0.717, 1.165) is 5.56 Å². The van der Waals surface area contributed by atoms with Crippen molar-refractivity contribution in [3.63, 3.8) is 0 Å². The van der Waals surface area contributed by atoms with Crippen LogP contribution in [0.25, 0.3) is 0 Å². The Balaban J connectivity index is 2.88. The highest BCUT2D eigenvalue weighted by Gasteiger charge is 2.02. The van der Waals surface area contributed by atoms with Crippen molar-refractivity contribution < 1.29 is 8.42 Å². The molecule has 0 aliphatic heterocycles. The van der Waals surface area contributed by atoms with Gasteiger partial charge in [0.05, 0.1) is 21.2 Å². The van der Waals surface area contributed by atoms with Crippen molar-refractivity contribution in [3.8, 4) is 11.8 Å². The zero-order valence-electron chi connectivity index (χ0n) is 7.41. The Bertz CT molecular complexity index is 468. The number of benzene rings is 1. The topological polar surface area (TPSA) is 46.2 Å². The fourth-order valence-electron chi connectivity index (χ4n) is 0.907. The summed E-state index contributed by atoms with van der Waals surface area (Å²) >= 11 is 1.34. The van der Waals surface area contributed by atoms with Gasteiger partial charge in [-0.2, -0.15) is 8.42 Å². The summed E-state index contributed by atoms with van der Waals surface area (Å²) in [5, 5.41) is 0. The molecule has 5 heteroatoms. The summed E-state index contributed by atoms with van der Waals surface area (Å²) in [6, 6.07) is 6.88. The van der Waals surface area contributed by atoms with Crippen LogP contribution in [0.15, 0.2) is 24.3 Å². The normalized spacial score (nSPS) is 10.1. The third-order valence-corrected chi connectivity index (χ3v) is 2.53. The van der Waals surface area contributed by atoms with E-state index in [4.69, 9.17) is 0 Å². The van der Waals surface area contributed by atoms with Crippen molar-refractivity contribution >= 4 is 34.1 Å². The molecule has 1 aromatic rings. The third-order valence-electron chi connectivity index (χ3n) is 1.39. The lowest BCUT2D eigenvalue weighted by Gasteiger charge is -2.01. The Morgan fingerprint density at radius 1 is 1.29 bits per heavy atom. The predicted molar refractivity (Wildman–Crippen MR) is 65.6 cm³/mol. The lowest BCUT2D eigenvalue weighted by Crippen LogP contribution is -2.02. The van der Waals surface area contributed by atoms with Crippen LogP contribution in [0.3, 0.4) is 0 Å². The van der Waals surface area contributed by atoms with Gasteiger partial charge in [-0.1, -0.05) is 5.92 Å². The molecule has 0 saturated carbocycles. The minimum Gasteiger partial charge on any atom is -0.276 e. The average molecular weight is 321 g/mol. The van der Waals surface area contributed by atoms with E-state index < -0.39 is 7.19 Å². The second-order valence-electron chi connectivity index (χ2n) is 2.49. The molecule has 1 N–H and O–H groups in total. The molecule has 0 atom stereocenters. The van der Waals surface area contributed by atoms with Gasteiger partial charge in [0.2, 0.25) is 0 Å². The van der Waals surface area contributed by atoms with Gasteiger partial charge in [0.25, 0.3) is 7.19 Å². The Hall–Kier alpha value is -0.740. The largest absolute Gasteiger partial charge is 0.286 e. The van der Waals surface area contributed by atoms with Crippen molar-refractivity contribution in [2.24, 2.45) is 0 Å². The summed E-state index contributed by atoms with van der Waals surface area (Å²) < 4.78 is 24.1. The number of anilines is 1. The first-order valence-electron chi connectivity index (χ1n) is 3.76. The van der Waals surface area contributed by atoms with Crippen LogP contribution in [-0.2, 0) is 7.19 Å². The molecule has 0 heterocycles. The highest BCUT2D eigenvalue weighted by molar-refractivity contribution is 14.2. The first-order valence-corrected chi connectivity index (χ1v) is 7.79. The maximum Gasteiger partial charge on any atom is 0.286 e.